The molecule has 0 aliphatic heterocycles. The first-order chi connectivity index (χ1) is 13.5. The smallest absolute Gasteiger partial charge is 0.282 e. The predicted octanol–water partition coefficient (Wildman–Crippen LogP) is 3.10. The van der Waals surface area contributed by atoms with E-state index in [9.17, 15) is 9.90 Å². The van der Waals surface area contributed by atoms with Crippen LogP contribution in [-0.2, 0) is 0 Å². The molecule has 0 aliphatic rings. The second-order valence-electron chi connectivity index (χ2n) is 6.56. The van der Waals surface area contributed by atoms with Gasteiger partial charge >= 0.3 is 0 Å². The number of fused-ring (bicyclic) bond motifs is 1. The molecule has 28 heavy (non-hydrogen) atoms. The molecular weight excluding hydrogens is 354 g/mol. The molecule has 0 fully saturated rings. The summed E-state index contributed by atoms with van der Waals surface area (Å²) in [6, 6.07) is 14.8. The highest BCUT2D eigenvalue weighted by atomic mass is 16.3. The van der Waals surface area contributed by atoms with Gasteiger partial charge in [-0.1, -0.05) is 30.3 Å². The number of hydrogen-bond acceptors (Lipinski definition) is 5. The van der Waals surface area contributed by atoms with Gasteiger partial charge in [0, 0.05) is 0 Å². The van der Waals surface area contributed by atoms with E-state index in [-0.39, 0.29) is 11.4 Å². The van der Waals surface area contributed by atoms with Crippen LogP contribution in [0.2, 0.25) is 0 Å². The molecule has 0 spiro atoms. The topological polar surface area (TPSA) is 85.3 Å². The van der Waals surface area contributed by atoms with E-state index < -0.39 is 0 Å². The van der Waals surface area contributed by atoms with E-state index in [1.807, 2.05) is 49.4 Å². The van der Waals surface area contributed by atoms with Gasteiger partial charge in [-0.2, -0.15) is 14.9 Å². The van der Waals surface area contributed by atoms with Crippen LogP contribution in [0.3, 0.4) is 0 Å². The molecule has 7 heteroatoms. The van der Waals surface area contributed by atoms with Crippen LogP contribution >= 0.6 is 0 Å². The Labute approximate surface area is 161 Å². The third-order valence-electron chi connectivity index (χ3n) is 4.63. The van der Waals surface area contributed by atoms with E-state index >= 15 is 0 Å². The van der Waals surface area contributed by atoms with E-state index in [0.29, 0.717) is 28.0 Å². The molecule has 1 N–H and O–H groups in total. The molecule has 7 nitrogen and oxygen atoms in total. The average molecular weight is 373 g/mol. The first kappa shape index (κ1) is 17.7. The fraction of sp³-hybridized carbons (Fsp3) is 0.143. The van der Waals surface area contributed by atoms with Gasteiger partial charge in [0.1, 0.15) is 5.82 Å². The summed E-state index contributed by atoms with van der Waals surface area (Å²) in [6.07, 6.45) is 1.44. The van der Waals surface area contributed by atoms with Crippen molar-refractivity contribution in [1.82, 2.24) is 19.4 Å². The minimum absolute atomic E-state index is 0.0391. The predicted molar refractivity (Wildman–Crippen MR) is 108 cm³/mol. The van der Waals surface area contributed by atoms with Crippen molar-refractivity contribution >= 4 is 17.1 Å². The molecule has 4 rings (SSSR count). The van der Waals surface area contributed by atoms with E-state index in [1.54, 1.807) is 19.9 Å². The quantitative estimate of drug-likeness (QED) is 0.559. The summed E-state index contributed by atoms with van der Waals surface area (Å²) < 4.78 is 2.68. The zero-order valence-corrected chi connectivity index (χ0v) is 15.8. The summed E-state index contributed by atoms with van der Waals surface area (Å²) in [4.78, 5) is 17.4. The molecule has 2 aromatic heterocycles. The van der Waals surface area contributed by atoms with Crippen LogP contribution in [0.4, 0.5) is 0 Å². The number of para-hydroxylation sites is 2. The zero-order chi connectivity index (χ0) is 19.8. The van der Waals surface area contributed by atoms with Crippen LogP contribution in [0.15, 0.2) is 58.4 Å². The molecule has 4 aromatic rings. The molecule has 0 aliphatic carbocycles. The van der Waals surface area contributed by atoms with E-state index in [2.05, 4.69) is 15.2 Å². The standard InChI is InChI=1S/C21H19N5O2/c1-13-8-7-11-17-19(13)23-15(3)25(20(17)27)22-12-18-14(2)24-26(21(18)28)16-9-5-4-6-10-16/h4-12,28H,1-3H3. The number of aryl methyl sites for hydroxylation is 3. The number of nitrogens with zero attached hydrogens (tertiary/aromatic N) is 5. The summed E-state index contributed by atoms with van der Waals surface area (Å²) in [6.45, 7) is 5.42. The summed E-state index contributed by atoms with van der Waals surface area (Å²) in [7, 11) is 0. The van der Waals surface area contributed by atoms with Crippen molar-refractivity contribution in [3.63, 3.8) is 0 Å². The summed E-state index contributed by atoms with van der Waals surface area (Å²) in [5.41, 5.74) is 3.13. The van der Waals surface area contributed by atoms with Gasteiger partial charge < -0.3 is 5.11 Å². The maximum atomic E-state index is 12.8. The average Bonchev–Trinajstić information content (AvgIpc) is 2.97. The highest BCUT2D eigenvalue weighted by molar-refractivity contribution is 5.85. The van der Waals surface area contributed by atoms with Crippen LogP contribution in [-0.4, -0.2) is 30.8 Å². The first-order valence-corrected chi connectivity index (χ1v) is 8.84. The lowest BCUT2D eigenvalue weighted by Gasteiger charge is -2.07. The van der Waals surface area contributed by atoms with Crippen molar-refractivity contribution in [2.75, 3.05) is 0 Å². The molecular formula is C21H19N5O2. The van der Waals surface area contributed by atoms with Gasteiger partial charge in [0.05, 0.1) is 34.1 Å². The zero-order valence-electron chi connectivity index (χ0n) is 15.8. The minimum Gasteiger partial charge on any atom is -0.493 e. The van der Waals surface area contributed by atoms with Crippen LogP contribution in [0.1, 0.15) is 22.6 Å². The third-order valence-corrected chi connectivity index (χ3v) is 4.63. The van der Waals surface area contributed by atoms with Gasteiger partial charge in [-0.15, -0.1) is 0 Å². The summed E-state index contributed by atoms with van der Waals surface area (Å²) >= 11 is 0. The Morgan fingerprint density at radius 2 is 1.79 bits per heavy atom. The van der Waals surface area contributed by atoms with Crippen molar-refractivity contribution in [3.8, 4) is 11.6 Å². The Bertz CT molecular complexity index is 1270. The van der Waals surface area contributed by atoms with E-state index in [0.717, 1.165) is 11.3 Å². The molecule has 0 unspecified atom stereocenters. The molecule has 0 bridgehead atoms. The van der Waals surface area contributed by atoms with Gasteiger partial charge in [-0.25, -0.2) is 9.67 Å². The minimum atomic E-state index is -0.255. The first-order valence-electron chi connectivity index (χ1n) is 8.84. The Morgan fingerprint density at radius 3 is 2.54 bits per heavy atom. The van der Waals surface area contributed by atoms with Crippen LogP contribution in [0.25, 0.3) is 16.6 Å². The summed E-state index contributed by atoms with van der Waals surface area (Å²) in [5, 5.41) is 19.8. The van der Waals surface area contributed by atoms with Gasteiger partial charge in [0.25, 0.3) is 5.56 Å². The molecule has 140 valence electrons. The second kappa shape index (κ2) is 6.77. The van der Waals surface area contributed by atoms with Crippen molar-refractivity contribution in [1.29, 1.82) is 0 Å². The van der Waals surface area contributed by atoms with Crippen molar-refractivity contribution < 1.29 is 5.11 Å². The SMILES string of the molecule is Cc1nn(-c2ccccc2)c(O)c1C=Nn1c(C)nc2c(C)cccc2c1=O. The Balaban J connectivity index is 1.81. The lowest BCUT2D eigenvalue weighted by atomic mass is 10.1. The van der Waals surface area contributed by atoms with E-state index in [1.165, 1.54) is 15.6 Å². The highest BCUT2D eigenvalue weighted by Gasteiger charge is 2.15. The number of aromatic nitrogens is 4. The largest absolute Gasteiger partial charge is 0.493 e. The van der Waals surface area contributed by atoms with Crippen molar-refractivity contribution in [2.45, 2.75) is 20.8 Å². The van der Waals surface area contributed by atoms with Gasteiger partial charge in [0.15, 0.2) is 0 Å². The maximum Gasteiger partial charge on any atom is 0.282 e. The molecule has 2 aromatic carbocycles. The van der Waals surface area contributed by atoms with Gasteiger partial charge in [-0.05, 0) is 44.5 Å². The Hall–Kier alpha value is -3.74. The normalized spacial score (nSPS) is 11.5. The Kier molecular flexibility index (Phi) is 4.27. The molecule has 0 saturated carbocycles. The monoisotopic (exact) mass is 373 g/mol. The van der Waals surface area contributed by atoms with Crippen LogP contribution in [0, 0.1) is 20.8 Å². The Morgan fingerprint density at radius 1 is 1.04 bits per heavy atom. The number of aromatic hydroxyl groups is 1. The second-order valence-corrected chi connectivity index (χ2v) is 6.56. The fourth-order valence-corrected chi connectivity index (χ4v) is 3.13. The van der Waals surface area contributed by atoms with Gasteiger partial charge in [0.2, 0.25) is 5.88 Å². The van der Waals surface area contributed by atoms with Gasteiger partial charge in [-0.3, -0.25) is 4.79 Å². The van der Waals surface area contributed by atoms with Crippen molar-refractivity contribution in [2.24, 2.45) is 5.10 Å². The van der Waals surface area contributed by atoms with E-state index in [4.69, 9.17) is 0 Å². The molecule has 0 radical (unpaired) electrons. The maximum absolute atomic E-state index is 12.8. The molecule has 0 saturated heterocycles. The number of benzene rings is 2. The van der Waals surface area contributed by atoms with Crippen LogP contribution < -0.4 is 5.56 Å². The third kappa shape index (κ3) is 2.87. The molecule has 0 atom stereocenters. The lowest BCUT2D eigenvalue weighted by molar-refractivity contribution is 0.433. The number of hydrogen-bond donors (Lipinski definition) is 1. The van der Waals surface area contributed by atoms with Crippen molar-refractivity contribution in [3.05, 3.63) is 81.5 Å². The molecule has 2 heterocycles. The highest BCUT2D eigenvalue weighted by Crippen LogP contribution is 2.23. The lowest BCUT2D eigenvalue weighted by Crippen LogP contribution is -2.21. The fourth-order valence-electron chi connectivity index (χ4n) is 3.13. The molecule has 0 amide bonds. The number of rotatable bonds is 3. The summed E-state index contributed by atoms with van der Waals surface area (Å²) in [5.74, 6) is 0.429. The van der Waals surface area contributed by atoms with Crippen LogP contribution in [0.5, 0.6) is 5.88 Å².